The molecule has 1 atom stereocenters. The van der Waals surface area contributed by atoms with Crippen molar-refractivity contribution in [1.82, 2.24) is 15.5 Å². The zero-order valence-corrected chi connectivity index (χ0v) is 18.3. The number of hydrogen-bond donors (Lipinski definition) is 2. The van der Waals surface area contributed by atoms with Gasteiger partial charge in [0.05, 0.1) is 7.11 Å². The van der Waals surface area contributed by atoms with Gasteiger partial charge in [-0.15, -0.1) is 0 Å². The quantitative estimate of drug-likeness (QED) is 0.632. The molecule has 1 aliphatic heterocycles. The monoisotopic (exact) mass is 419 g/mol. The predicted molar refractivity (Wildman–Crippen MR) is 113 cm³/mol. The van der Waals surface area contributed by atoms with Crippen LogP contribution in [0.2, 0.25) is 0 Å². The van der Waals surface area contributed by atoms with Crippen LogP contribution in [0.15, 0.2) is 24.3 Å². The summed E-state index contributed by atoms with van der Waals surface area (Å²) in [7, 11) is 3.03. The van der Waals surface area contributed by atoms with Crippen molar-refractivity contribution in [2.75, 3.05) is 40.5 Å². The molecule has 0 bridgehead atoms. The average molecular weight is 420 g/mol. The van der Waals surface area contributed by atoms with Crippen molar-refractivity contribution in [3.8, 4) is 5.75 Å². The van der Waals surface area contributed by atoms with Gasteiger partial charge in [0.1, 0.15) is 18.4 Å². The van der Waals surface area contributed by atoms with Crippen molar-refractivity contribution in [1.29, 1.82) is 0 Å². The third-order valence-electron chi connectivity index (χ3n) is 5.22. The van der Waals surface area contributed by atoms with E-state index in [1.54, 1.807) is 29.2 Å². The number of nitrogens with one attached hydrogen (secondary N) is 2. The molecule has 8 heteroatoms. The van der Waals surface area contributed by atoms with E-state index >= 15 is 0 Å². The molecule has 2 rings (SSSR count). The highest BCUT2D eigenvalue weighted by Crippen LogP contribution is 2.22. The first-order chi connectivity index (χ1) is 14.3. The SMILES string of the molecule is COCC(=O)N1CCC([C@@H](NC(=O)c2cccc(OC)c2)C(=O)NCC(C)C)CC1. The van der Waals surface area contributed by atoms with Crippen LogP contribution in [0.4, 0.5) is 0 Å². The molecule has 0 unspecified atom stereocenters. The summed E-state index contributed by atoms with van der Waals surface area (Å²) < 4.78 is 10.1. The van der Waals surface area contributed by atoms with Crippen LogP contribution in [0.25, 0.3) is 0 Å². The van der Waals surface area contributed by atoms with Gasteiger partial charge < -0.3 is 25.0 Å². The fourth-order valence-electron chi connectivity index (χ4n) is 3.50. The first kappa shape index (κ1) is 23.7. The first-order valence-corrected chi connectivity index (χ1v) is 10.3. The highest BCUT2D eigenvalue weighted by atomic mass is 16.5. The van der Waals surface area contributed by atoms with E-state index in [-0.39, 0.29) is 30.2 Å². The number of hydrogen-bond acceptors (Lipinski definition) is 5. The number of piperidine rings is 1. The van der Waals surface area contributed by atoms with E-state index in [0.717, 1.165) is 0 Å². The molecule has 1 fully saturated rings. The van der Waals surface area contributed by atoms with Crippen LogP contribution >= 0.6 is 0 Å². The molecule has 0 aromatic heterocycles. The zero-order chi connectivity index (χ0) is 22.1. The van der Waals surface area contributed by atoms with Gasteiger partial charge in [-0.05, 0) is 42.9 Å². The zero-order valence-electron chi connectivity index (χ0n) is 18.3. The smallest absolute Gasteiger partial charge is 0.252 e. The second kappa shape index (κ2) is 11.5. The molecule has 166 valence electrons. The minimum Gasteiger partial charge on any atom is -0.497 e. The number of benzene rings is 1. The van der Waals surface area contributed by atoms with Crippen LogP contribution in [0, 0.1) is 11.8 Å². The Bertz CT molecular complexity index is 729. The lowest BCUT2D eigenvalue weighted by Crippen LogP contribution is -2.54. The minimum absolute atomic E-state index is 0.0511. The molecule has 1 aliphatic rings. The molecule has 1 saturated heterocycles. The van der Waals surface area contributed by atoms with Crippen LogP contribution in [0.1, 0.15) is 37.0 Å². The summed E-state index contributed by atoms with van der Waals surface area (Å²) in [6, 6.07) is 6.16. The summed E-state index contributed by atoms with van der Waals surface area (Å²) in [6.45, 7) is 5.70. The number of carbonyl (C=O) groups excluding carboxylic acids is 3. The van der Waals surface area contributed by atoms with E-state index in [1.165, 1.54) is 14.2 Å². The summed E-state index contributed by atoms with van der Waals surface area (Å²) in [5.74, 6) is 0.249. The van der Waals surface area contributed by atoms with Crippen LogP contribution in [0.3, 0.4) is 0 Å². The molecule has 0 aliphatic carbocycles. The van der Waals surface area contributed by atoms with Crippen LogP contribution in [-0.2, 0) is 14.3 Å². The van der Waals surface area contributed by atoms with E-state index < -0.39 is 6.04 Å². The van der Waals surface area contributed by atoms with Gasteiger partial charge in [0.15, 0.2) is 0 Å². The van der Waals surface area contributed by atoms with Gasteiger partial charge >= 0.3 is 0 Å². The predicted octanol–water partition coefficient (Wildman–Crippen LogP) is 1.45. The van der Waals surface area contributed by atoms with E-state index in [1.807, 2.05) is 13.8 Å². The second-order valence-electron chi connectivity index (χ2n) is 7.97. The highest BCUT2D eigenvalue weighted by Gasteiger charge is 2.34. The lowest BCUT2D eigenvalue weighted by Gasteiger charge is -2.35. The molecule has 2 N–H and O–H groups in total. The summed E-state index contributed by atoms with van der Waals surface area (Å²) in [5, 5.41) is 5.85. The van der Waals surface area contributed by atoms with Crippen molar-refractivity contribution in [3.63, 3.8) is 0 Å². The maximum Gasteiger partial charge on any atom is 0.252 e. The molecular weight excluding hydrogens is 386 g/mol. The normalized spacial score (nSPS) is 15.6. The van der Waals surface area contributed by atoms with Gasteiger partial charge in [-0.2, -0.15) is 0 Å². The van der Waals surface area contributed by atoms with Gasteiger partial charge in [0, 0.05) is 32.3 Å². The minimum atomic E-state index is -0.665. The molecule has 0 spiro atoms. The average Bonchev–Trinajstić information content (AvgIpc) is 2.76. The summed E-state index contributed by atoms with van der Waals surface area (Å²) in [4.78, 5) is 39.5. The Morgan fingerprint density at radius 2 is 1.87 bits per heavy atom. The van der Waals surface area contributed by atoms with Crippen molar-refractivity contribution >= 4 is 17.7 Å². The summed E-state index contributed by atoms with van der Waals surface area (Å²) >= 11 is 0. The largest absolute Gasteiger partial charge is 0.497 e. The molecule has 1 heterocycles. The third kappa shape index (κ3) is 6.73. The maximum atomic E-state index is 12.9. The molecular formula is C22H33N3O5. The number of methoxy groups -OCH3 is 2. The molecule has 30 heavy (non-hydrogen) atoms. The van der Waals surface area contributed by atoms with Gasteiger partial charge in [-0.3, -0.25) is 14.4 Å². The van der Waals surface area contributed by atoms with E-state index in [0.29, 0.717) is 49.7 Å². The molecule has 0 radical (unpaired) electrons. The number of carbonyl (C=O) groups is 3. The van der Waals surface area contributed by atoms with Crippen molar-refractivity contribution in [2.45, 2.75) is 32.7 Å². The Balaban J connectivity index is 2.09. The number of amides is 3. The lowest BCUT2D eigenvalue weighted by atomic mass is 9.88. The fraction of sp³-hybridized carbons (Fsp3) is 0.591. The van der Waals surface area contributed by atoms with Crippen molar-refractivity contribution in [2.24, 2.45) is 11.8 Å². The van der Waals surface area contributed by atoms with E-state index in [2.05, 4.69) is 10.6 Å². The Kier molecular flexibility index (Phi) is 9.11. The number of likely N-dealkylation sites (tertiary alicyclic amines) is 1. The van der Waals surface area contributed by atoms with Crippen LogP contribution in [0.5, 0.6) is 5.75 Å². The Labute approximate surface area is 178 Å². The van der Waals surface area contributed by atoms with Crippen LogP contribution in [-0.4, -0.2) is 69.1 Å². The van der Waals surface area contributed by atoms with E-state index in [9.17, 15) is 14.4 Å². The van der Waals surface area contributed by atoms with Gasteiger partial charge in [0.2, 0.25) is 11.8 Å². The molecule has 1 aromatic carbocycles. The van der Waals surface area contributed by atoms with Crippen molar-refractivity contribution in [3.05, 3.63) is 29.8 Å². The van der Waals surface area contributed by atoms with E-state index in [4.69, 9.17) is 9.47 Å². The van der Waals surface area contributed by atoms with Gasteiger partial charge in [-0.1, -0.05) is 19.9 Å². The fourth-order valence-corrected chi connectivity index (χ4v) is 3.50. The maximum absolute atomic E-state index is 12.9. The third-order valence-corrected chi connectivity index (χ3v) is 5.22. The second-order valence-corrected chi connectivity index (χ2v) is 7.97. The first-order valence-electron chi connectivity index (χ1n) is 10.3. The number of ether oxygens (including phenoxy) is 2. The molecule has 0 saturated carbocycles. The highest BCUT2D eigenvalue weighted by molar-refractivity contribution is 5.98. The topological polar surface area (TPSA) is 97.0 Å². The molecule has 3 amide bonds. The summed E-state index contributed by atoms with van der Waals surface area (Å²) in [6.07, 6.45) is 1.27. The standard InChI is InChI=1S/C22H33N3O5/c1-15(2)13-23-22(28)20(16-8-10-25(11-9-16)19(26)14-29-3)24-21(27)17-6-5-7-18(12-17)30-4/h5-7,12,15-16,20H,8-11,13-14H2,1-4H3,(H,23,28)(H,24,27)/t20-/m1/s1. The van der Waals surface area contributed by atoms with Crippen LogP contribution < -0.4 is 15.4 Å². The number of nitrogens with zero attached hydrogens (tertiary/aromatic N) is 1. The molecule has 1 aromatic rings. The Morgan fingerprint density at radius 1 is 1.17 bits per heavy atom. The Hall–Kier alpha value is -2.61. The van der Waals surface area contributed by atoms with Gasteiger partial charge in [-0.25, -0.2) is 0 Å². The summed E-state index contributed by atoms with van der Waals surface area (Å²) in [5.41, 5.74) is 0.434. The number of rotatable bonds is 9. The van der Waals surface area contributed by atoms with Crippen molar-refractivity contribution < 1.29 is 23.9 Å². The molecule has 8 nitrogen and oxygen atoms in total. The van der Waals surface area contributed by atoms with Gasteiger partial charge in [0.25, 0.3) is 5.91 Å². The Morgan fingerprint density at radius 3 is 2.47 bits per heavy atom. The lowest BCUT2D eigenvalue weighted by molar-refractivity contribution is -0.136.